The van der Waals surface area contributed by atoms with E-state index in [9.17, 15) is 9.59 Å². The number of aromatic nitrogens is 3. The number of nitrogens with zero attached hydrogens (tertiary/aromatic N) is 5. The molecule has 0 bridgehead atoms. The number of nitrogens with one attached hydrogen (secondary N) is 1. The van der Waals surface area contributed by atoms with Gasteiger partial charge in [0.2, 0.25) is 5.91 Å². The maximum absolute atomic E-state index is 12.6. The Morgan fingerprint density at radius 3 is 2.59 bits per heavy atom. The summed E-state index contributed by atoms with van der Waals surface area (Å²) in [4.78, 5) is 29.1. The molecule has 1 N–H and O–H groups in total. The van der Waals surface area contributed by atoms with Crippen LogP contribution in [0.15, 0.2) is 48.7 Å². The van der Waals surface area contributed by atoms with Gasteiger partial charge in [0.15, 0.2) is 5.65 Å². The standard InChI is InChI=1S/C24H30N6O2/c1-3-29(4-2)24(32)19-8-7-9-20(16-19)25-22(31)17-28-14-11-18(12-15-28)23-27-26-21-10-5-6-13-30(21)23/h5-10,13,16,18H,3-4,11-12,14-15,17H2,1-2H3,(H,25,31). The summed E-state index contributed by atoms with van der Waals surface area (Å²) in [6.45, 7) is 7.24. The highest BCUT2D eigenvalue weighted by Gasteiger charge is 2.25. The van der Waals surface area contributed by atoms with Crippen molar-refractivity contribution in [2.45, 2.75) is 32.6 Å². The minimum absolute atomic E-state index is 0.0193. The Kier molecular flexibility index (Phi) is 6.80. The predicted octanol–water partition coefficient (Wildman–Crippen LogP) is 3.03. The number of pyridine rings is 1. The molecule has 8 nitrogen and oxygen atoms in total. The monoisotopic (exact) mass is 434 g/mol. The SMILES string of the molecule is CCN(CC)C(=O)c1cccc(NC(=O)CN2CCC(c3nnc4ccccn34)CC2)c1. The summed E-state index contributed by atoms with van der Waals surface area (Å²) >= 11 is 0. The van der Waals surface area contributed by atoms with Crippen LogP contribution in [-0.2, 0) is 4.79 Å². The van der Waals surface area contributed by atoms with Gasteiger partial charge in [-0.3, -0.25) is 18.9 Å². The second-order valence-electron chi connectivity index (χ2n) is 8.14. The summed E-state index contributed by atoms with van der Waals surface area (Å²) in [6.07, 6.45) is 3.89. The summed E-state index contributed by atoms with van der Waals surface area (Å²) in [5.74, 6) is 1.26. The molecule has 0 aliphatic carbocycles. The van der Waals surface area contributed by atoms with E-state index >= 15 is 0 Å². The highest BCUT2D eigenvalue weighted by Crippen LogP contribution is 2.27. The van der Waals surface area contributed by atoms with Gasteiger partial charge in [0.1, 0.15) is 5.82 Å². The van der Waals surface area contributed by atoms with Crippen LogP contribution in [0, 0.1) is 0 Å². The fraction of sp³-hybridized carbons (Fsp3) is 0.417. The van der Waals surface area contributed by atoms with Crippen molar-refractivity contribution in [3.63, 3.8) is 0 Å². The summed E-state index contributed by atoms with van der Waals surface area (Å²) in [6, 6.07) is 13.1. The van der Waals surface area contributed by atoms with Gasteiger partial charge < -0.3 is 10.2 Å². The number of fused-ring (bicyclic) bond motifs is 1. The first-order valence-electron chi connectivity index (χ1n) is 11.3. The van der Waals surface area contributed by atoms with Gasteiger partial charge in [-0.25, -0.2) is 0 Å². The lowest BCUT2D eigenvalue weighted by Crippen LogP contribution is -2.39. The summed E-state index contributed by atoms with van der Waals surface area (Å²) in [5.41, 5.74) is 2.11. The van der Waals surface area contributed by atoms with Gasteiger partial charge in [0.25, 0.3) is 5.91 Å². The molecule has 4 rings (SSSR count). The lowest BCUT2D eigenvalue weighted by molar-refractivity contribution is -0.117. The molecule has 1 aromatic carbocycles. The third kappa shape index (κ3) is 4.80. The fourth-order valence-corrected chi connectivity index (χ4v) is 4.31. The van der Waals surface area contributed by atoms with Gasteiger partial charge >= 0.3 is 0 Å². The van der Waals surface area contributed by atoms with Gasteiger partial charge in [0, 0.05) is 36.5 Å². The first-order valence-corrected chi connectivity index (χ1v) is 11.3. The zero-order valence-electron chi connectivity index (χ0n) is 18.7. The van der Waals surface area contributed by atoms with Crippen molar-refractivity contribution in [1.29, 1.82) is 0 Å². The number of hydrogen-bond donors (Lipinski definition) is 1. The van der Waals surface area contributed by atoms with E-state index in [-0.39, 0.29) is 11.8 Å². The van der Waals surface area contributed by atoms with E-state index in [2.05, 4.69) is 24.8 Å². The van der Waals surface area contributed by atoms with E-state index in [1.54, 1.807) is 23.1 Å². The number of anilines is 1. The molecule has 3 aromatic rings. The highest BCUT2D eigenvalue weighted by atomic mass is 16.2. The number of piperidine rings is 1. The molecule has 2 amide bonds. The van der Waals surface area contributed by atoms with Crippen LogP contribution in [0.4, 0.5) is 5.69 Å². The highest BCUT2D eigenvalue weighted by molar-refractivity contribution is 5.97. The van der Waals surface area contributed by atoms with Crippen molar-refractivity contribution in [3.8, 4) is 0 Å². The summed E-state index contributed by atoms with van der Waals surface area (Å²) in [7, 11) is 0. The molecule has 1 aliphatic rings. The minimum atomic E-state index is -0.0659. The third-order valence-corrected chi connectivity index (χ3v) is 6.10. The minimum Gasteiger partial charge on any atom is -0.339 e. The third-order valence-electron chi connectivity index (χ3n) is 6.10. The second kappa shape index (κ2) is 9.91. The molecule has 0 atom stereocenters. The van der Waals surface area contributed by atoms with Crippen LogP contribution in [0.2, 0.25) is 0 Å². The van der Waals surface area contributed by atoms with E-state index in [0.29, 0.717) is 36.8 Å². The quantitative estimate of drug-likeness (QED) is 0.618. The molecule has 1 saturated heterocycles. The molecule has 8 heteroatoms. The molecule has 3 heterocycles. The summed E-state index contributed by atoms with van der Waals surface area (Å²) in [5, 5.41) is 11.6. The molecule has 1 fully saturated rings. The molecule has 2 aromatic heterocycles. The first kappa shape index (κ1) is 22.0. The van der Waals surface area contributed by atoms with Crippen molar-refractivity contribution in [2.24, 2.45) is 0 Å². The van der Waals surface area contributed by atoms with Gasteiger partial charge in [-0.2, -0.15) is 0 Å². The van der Waals surface area contributed by atoms with Crippen LogP contribution in [-0.4, -0.2) is 68.9 Å². The molecule has 32 heavy (non-hydrogen) atoms. The number of amides is 2. The molecule has 0 unspecified atom stereocenters. The zero-order chi connectivity index (χ0) is 22.5. The average Bonchev–Trinajstić information content (AvgIpc) is 3.24. The van der Waals surface area contributed by atoms with Crippen molar-refractivity contribution in [1.82, 2.24) is 24.4 Å². The topological polar surface area (TPSA) is 82.8 Å². The zero-order valence-corrected chi connectivity index (χ0v) is 18.7. The van der Waals surface area contributed by atoms with Crippen molar-refractivity contribution < 1.29 is 9.59 Å². The van der Waals surface area contributed by atoms with Gasteiger partial charge in [-0.15, -0.1) is 10.2 Å². The Balaban J connectivity index is 1.31. The number of rotatable bonds is 7. The molecular formula is C24H30N6O2. The van der Waals surface area contributed by atoms with Crippen LogP contribution in [0.5, 0.6) is 0 Å². The number of hydrogen-bond acceptors (Lipinski definition) is 5. The number of carbonyl (C=O) groups is 2. The normalized spacial score (nSPS) is 15.1. The predicted molar refractivity (Wildman–Crippen MR) is 124 cm³/mol. The Morgan fingerprint density at radius 2 is 1.84 bits per heavy atom. The molecule has 0 saturated carbocycles. The van der Waals surface area contributed by atoms with Crippen LogP contribution in [0.25, 0.3) is 5.65 Å². The van der Waals surface area contributed by atoms with Crippen LogP contribution in [0.1, 0.15) is 48.8 Å². The fourth-order valence-electron chi connectivity index (χ4n) is 4.31. The van der Waals surface area contributed by atoms with E-state index in [0.717, 1.165) is 37.4 Å². The van der Waals surface area contributed by atoms with Crippen molar-refractivity contribution in [3.05, 3.63) is 60.0 Å². The molecule has 0 spiro atoms. The van der Waals surface area contributed by atoms with E-state index in [1.807, 2.05) is 44.3 Å². The smallest absolute Gasteiger partial charge is 0.253 e. The van der Waals surface area contributed by atoms with Crippen LogP contribution < -0.4 is 5.32 Å². The van der Waals surface area contributed by atoms with Crippen molar-refractivity contribution >= 4 is 23.1 Å². The van der Waals surface area contributed by atoms with Gasteiger partial charge in [0.05, 0.1) is 6.54 Å². The van der Waals surface area contributed by atoms with E-state index in [4.69, 9.17) is 0 Å². The molecular weight excluding hydrogens is 404 g/mol. The van der Waals surface area contributed by atoms with Crippen LogP contribution >= 0.6 is 0 Å². The Hall–Kier alpha value is -3.26. The first-order chi connectivity index (χ1) is 15.6. The Morgan fingerprint density at radius 1 is 1.06 bits per heavy atom. The largest absolute Gasteiger partial charge is 0.339 e. The van der Waals surface area contributed by atoms with Gasteiger partial charge in [-0.1, -0.05) is 12.1 Å². The van der Waals surface area contributed by atoms with Gasteiger partial charge in [-0.05, 0) is 70.1 Å². The molecule has 1 aliphatic heterocycles. The van der Waals surface area contributed by atoms with E-state index < -0.39 is 0 Å². The molecule has 168 valence electrons. The Bertz CT molecular complexity index is 1080. The number of benzene rings is 1. The lowest BCUT2D eigenvalue weighted by atomic mass is 9.96. The number of likely N-dealkylation sites (tertiary alicyclic amines) is 1. The lowest BCUT2D eigenvalue weighted by Gasteiger charge is -2.30. The second-order valence-corrected chi connectivity index (χ2v) is 8.14. The van der Waals surface area contributed by atoms with Crippen LogP contribution in [0.3, 0.4) is 0 Å². The maximum atomic E-state index is 12.6. The van der Waals surface area contributed by atoms with E-state index in [1.165, 1.54) is 0 Å². The average molecular weight is 435 g/mol. The Labute approximate surface area is 188 Å². The summed E-state index contributed by atoms with van der Waals surface area (Å²) < 4.78 is 2.06. The number of carbonyl (C=O) groups excluding carboxylic acids is 2. The molecule has 0 radical (unpaired) electrons. The maximum Gasteiger partial charge on any atom is 0.253 e. The van der Waals surface area contributed by atoms with Crippen molar-refractivity contribution in [2.75, 3.05) is 38.0 Å².